The predicted octanol–water partition coefficient (Wildman–Crippen LogP) is 3.78. The van der Waals surface area contributed by atoms with Gasteiger partial charge in [0.05, 0.1) is 5.69 Å². The fourth-order valence-electron chi connectivity index (χ4n) is 2.02. The zero-order chi connectivity index (χ0) is 15.8. The molecule has 0 amide bonds. The van der Waals surface area contributed by atoms with E-state index in [1.165, 1.54) is 4.88 Å². The largest absolute Gasteiger partial charge is 0.359 e. The highest BCUT2D eigenvalue weighted by Gasteiger charge is 2.08. The molecular formula is C16H25IN4OS. The molecule has 0 aliphatic rings. The van der Waals surface area contributed by atoms with Crippen LogP contribution in [0.1, 0.15) is 43.0 Å². The van der Waals surface area contributed by atoms with Crippen LogP contribution in [0.25, 0.3) is 0 Å². The van der Waals surface area contributed by atoms with Gasteiger partial charge in [0.15, 0.2) is 11.7 Å². The number of rotatable bonds is 7. The van der Waals surface area contributed by atoms with Gasteiger partial charge in [-0.05, 0) is 24.8 Å². The Labute approximate surface area is 159 Å². The lowest BCUT2D eigenvalue weighted by Crippen LogP contribution is -2.39. The minimum Gasteiger partial charge on any atom is -0.359 e. The molecule has 128 valence electrons. The molecule has 0 aromatic carbocycles. The number of aliphatic imine (C=N–C) groups is 1. The summed E-state index contributed by atoms with van der Waals surface area (Å²) in [7, 11) is 0. The third-order valence-electron chi connectivity index (χ3n) is 3.31. The first-order valence-electron chi connectivity index (χ1n) is 7.73. The number of aryl methyl sites for hydroxylation is 1. The molecule has 2 N–H and O–H groups in total. The molecule has 0 saturated carbocycles. The molecule has 7 heteroatoms. The number of nitrogens with one attached hydrogen (secondary N) is 2. The zero-order valence-corrected chi connectivity index (χ0v) is 17.0. The fourth-order valence-corrected chi connectivity index (χ4v) is 2.80. The Hall–Kier alpha value is -1.09. The molecule has 23 heavy (non-hydrogen) atoms. The van der Waals surface area contributed by atoms with Crippen LogP contribution in [0.15, 0.2) is 33.1 Å². The summed E-state index contributed by atoms with van der Waals surface area (Å²) in [5.41, 5.74) is 0.967. The highest BCUT2D eigenvalue weighted by atomic mass is 127. The van der Waals surface area contributed by atoms with Gasteiger partial charge in [-0.2, -0.15) is 0 Å². The number of guanidine groups is 1. The summed E-state index contributed by atoms with van der Waals surface area (Å²) in [5, 5.41) is 12.7. The van der Waals surface area contributed by atoms with Gasteiger partial charge in [0.2, 0.25) is 0 Å². The molecule has 2 aromatic rings. The van der Waals surface area contributed by atoms with Crippen LogP contribution >= 0.6 is 35.3 Å². The summed E-state index contributed by atoms with van der Waals surface area (Å²) in [6.45, 7) is 8.51. The van der Waals surface area contributed by atoms with Crippen molar-refractivity contribution in [1.82, 2.24) is 15.8 Å². The van der Waals surface area contributed by atoms with Gasteiger partial charge in [0.25, 0.3) is 0 Å². The van der Waals surface area contributed by atoms with Crippen molar-refractivity contribution in [2.24, 2.45) is 4.99 Å². The summed E-state index contributed by atoms with van der Waals surface area (Å²) >= 11 is 1.79. The minimum absolute atomic E-state index is 0. The summed E-state index contributed by atoms with van der Waals surface area (Å²) < 4.78 is 5.26. The van der Waals surface area contributed by atoms with Gasteiger partial charge in [-0.15, -0.1) is 35.3 Å². The molecule has 0 spiro atoms. The van der Waals surface area contributed by atoms with E-state index in [1.807, 2.05) is 6.07 Å². The van der Waals surface area contributed by atoms with Crippen LogP contribution < -0.4 is 10.6 Å². The summed E-state index contributed by atoms with van der Waals surface area (Å²) in [4.78, 5) is 5.93. The molecule has 1 unspecified atom stereocenters. The van der Waals surface area contributed by atoms with Gasteiger partial charge in [0, 0.05) is 30.0 Å². The van der Waals surface area contributed by atoms with E-state index in [1.54, 1.807) is 11.3 Å². The third-order valence-corrected chi connectivity index (χ3v) is 4.42. The van der Waals surface area contributed by atoms with Crippen LogP contribution in [0.2, 0.25) is 0 Å². The quantitative estimate of drug-likeness (QED) is 0.385. The molecule has 0 saturated heterocycles. The van der Waals surface area contributed by atoms with Crippen LogP contribution in [-0.2, 0) is 13.0 Å². The van der Waals surface area contributed by atoms with E-state index < -0.39 is 0 Å². The Morgan fingerprint density at radius 2 is 2.22 bits per heavy atom. The van der Waals surface area contributed by atoms with E-state index in [9.17, 15) is 0 Å². The first-order valence-corrected chi connectivity index (χ1v) is 8.61. The van der Waals surface area contributed by atoms with Crippen molar-refractivity contribution < 1.29 is 4.52 Å². The molecule has 5 nitrogen and oxygen atoms in total. The lowest BCUT2D eigenvalue weighted by molar-refractivity contribution is 0.379. The molecule has 0 fully saturated rings. The van der Waals surface area contributed by atoms with Gasteiger partial charge >= 0.3 is 0 Å². The van der Waals surface area contributed by atoms with E-state index in [0.717, 1.165) is 36.9 Å². The highest BCUT2D eigenvalue weighted by Crippen LogP contribution is 2.19. The Morgan fingerprint density at radius 1 is 1.39 bits per heavy atom. The van der Waals surface area contributed by atoms with Gasteiger partial charge in [-0.1, -0.05) is 25.1 Å². The number of thiophene rings is 1. The second-order valence-corrected chi connectivity index (χ2v) is 6.11. The fraction of sp³-hybridized carbons (Fsp3) is 0.500. The zero-order valence-electron chi connectivity index (χ0n) is 13.8. The lowest BCUT2D eigenvalue weighted by atomic mass is 10.1. The van der Waals surface area contributed by atoms with Crippen molar-refractivity contribution in [3.8, 4) is 0 Å². The molecular weight excluding hydrogens is 423 g/mol. The van der Waals surface area contributed by atoms with Crippen LogP contribution in [-0.4, -0.2) is 24.2 Å². The van der Waals surface area contributed by atoms with Crippen LogP contribution in [0, 0.1) is 0 Å². The van der Waals surface area contributed by atoms with Crippen LogP contribution in [0.3, 0.4) is 0 Å². The molecule has 0 radical (unpaired) electrons. The lowest BCUT2D eigenvalue weighted by Gasteiger charge is -2.14. The molecule has 1 atom stereocenters. The Morgan fingerprint density at radius 3 is 2.83 bits per heavy atom. The first kappa shape index (κ1) is 20.0. The molecule has 2 rings (SSSR count). The normalized spacial score (nSPS) is 12.6. The average molecular weight is 448 g/mol. The van der Waals surface area contributed by atoms with Crippen LogP contribution in [0.4, 0.5) is 0 Å². The Kier molecular flexibility index (Phi) is 9.23. The first-order chi connectivity index (χ1) is 10.7. The van der Waals surface area contributed by atoms with Crippen molar-refractivity contribution in [2.45, 2.75) is 39.7 Å². The van der Waals surface area contributed by atoms with Crippen LogP contribution in [0.5, 0.6) is 0 Å². The average Bonchev–Trinajstić information content (AvgIpc) is 3.20. The van der Waals surface area contributed by atoms with Crippen molar-refractivity contribution >= 4 is 41.3 Å². The highest BCUT2D eigenvalue weighted by molar-refractivity contribution is 14.0. The molecule has 0 aliphatic heterocycles. The Balaban J connectivity index is 0.00000264. The Bertz CT molecular complexity index is 583. The number of hydrogen-bond acceptors (Lipinski definition) is 4. The van der Waals surface area contributed by atoms with E-state index >= 15 is 0 Å². The van der Waals surface area contributed by atoms with Gasteiger partial charge in [0.1, 0.15) is 6.54 Å². The monoisotopic (exact) mass is 448 g/mol. The van der Waals surface area contributed by atoms with E-state index in [2.05, 4.69) is 59.1 Å². The van der Waals surface area contributed by atoms with Crippen molar-refractivity contribution in [1.29, 1.82) is 0 Å². The third kappa shape index (κ3) is 6.50. The second-order valence-electron chi connectivity index (χ2n) is 5.13. The van der Waals surface area contributed by atoms with Crippen molar-refractivity contribution in [3.05, 3.63) is 39.9 Å². The standard InChI is InChI=1S/C16H24N4OS.HI/c1-4-13-9-14(21-20-13)11-19-16(17-5-2)18-10-12(3)15-7-6-8-22-15;/h6-9,12H,4-5,10-11H2,1-3H3,(H2,17,18,19);1H. The minimum atomic E-state index is 0. The smallest absolute Gasteiger partial charge is 0.191 e. The number of hydrogen-bond donors (Lipinski definition) is 2. The maximum atomic E-state index is 5.26. The van der Waals surface area contributed by atoms with Gasteiger partial charge in [-0.25, -0.2) is 4.99 Å². The molecule has 0 aliphatic carbocycles. The molecule has 2 aromatic heterocycles. The maximum absolute atomic E-state index is 5.26. The second kappa shape index (κ2) is 10.6. The van der Waals surface area contributed by atoms with Crippen molar-refractivity contribution in [2.75, 3.05) is 13.1 Å². The summed E-state index contributed by atoms with van der Waals surface area (Å²) in [5.74, 6) is 2.06. The summed E-state index contributed by atoms with van der Waals surface area (Å²) in [6, 6.07) is 6.22. The maximum Gasteiger partial charge on any atom is 0.191 e. The van der Waals surface area contributed by atoms with Gasteiger partial charge in [-0.3, -0.25) is 0 Å². The van der Waals surface area contributed by atoms with E-state index in [0.29, 0.717) is 12.5 Å². The SMILES string of the molecule is CCNC(=NCc1cc(CC)no1)NCC(C)c1cccs1.I. The summed E-state index contributed by atoms with van der Waals surface area (Å²) in [6.07, 6.45) is 0.879. The number of halogens is 1. The number of aromatic nitrogens is 1. The van der Waals surface area contributed by atoms with Crippen molar-refractivity contribution in [3.63, 3.8) is 0 Å². The van der Waals surface area contributed by atoms with Gasteiger partial charge < -0.3 is 15.2 Å². The van der Waals surface area contributed by atoms with E-state index in [-0.39, 0.29) is 24.0 Å². The predicted molar refractivity (Wildman–Crippen MR) is 107 cm³/mol. The molecule has 0 bridgehead atoms. The number of nitrogens with zero attached hydrogens (tertiary/aromatic N) is 2. The molecule has 2 heterocycles. The topological polar surface area (TPSA) is 62.5 Å². The van der Waals surface area contributed by atoms with E-state index in [4.69, 9.17) is 4.52 Å².